The van der Waals surface area contributed by atoms with Crippen LogP contribution in [-0.2, 0) is 0 Å². The molecule has 0 aromatic heterocycles. The highest BCUT2D eigenvalue weighted by atomic mass is 14.9. The Morgan fingerprint density at radius 2 is 1.62 bits per heavy atom. The number of nitrogens with one attached hydrogen (secondary N) is 1. The summed E-state index contributed by atoms with van der Waals surface area (Å²) in [6, 6.07) is 0.378. The second kappa shape index (κ2) is 3.21. The maximum atomic E-state index is 8.60. The molecule has 0 saturated heterocycles. The molecule has 0 aromatic carbocycles. The fraction of sp³-hybridized carbons (Fsp3) is 0.909. The lowest BCUT2D eigenvalue weighted by Crippen LogP contribution is -2.42. The van der Waals surface area contributed by atoms with Crippen LogP contribution < -0.4 is 5.32 Å². The first kappa shape index (κ1) is 10.4. The molecule has 0 aliphatic heterocycles. The van der Waals surface area contributed by atoms with E-state index in [0.29, 0.717) is 16.9 Å². The molecule has 2 heteroatoms. The molecule has 0 spiro atoms. The molecule has 0 atom stereocenters. The molecule has 2 nitrogen and oxygen atoms in total. The van der Waals surface area contributed by atoms with Gasteiger partial charge in [0.15, 0.2) is 6.19 Å². The van der Waals surface area contributed by atoms with Crippen LogP contribution in [0.15, 0.2) is 0 Å². The van der Waals surface area contributed by atoms with E-state index in [9.17, 15) is 0 Å². The van der Waals surface area contributed by atoms with E-state index in [1.165, 1.54) is 6.42 Å². The van der Waals surface area contributed by atoms with Gasteiger partial charge in [0.2, 0.25) is 0 Å². The fourth-order valence-electron chi connectivity index (χ4n) is 3.04. The molecule has 0 unspecified atom stereocenters. The zero-order valence-corrected chi connectivity index (χ0v) is 9.15. The van der Waals surface area contributed by atoms with E-state index < -0.39 is 0 Å². The average molecular weight is 180 g/mol. The van der Waals surface area contributed by atoms with Crippen molar-refractivity contribution in [3.05, 3.63) is 0 Å². The number of hydrogen-bond acceptors (Lipinski definition) is 2. The lowest BCUT2D eigenvalue weighted by atomic mass is 9.63. The first-order valence-corrected chi connectivity index (χ1v) is 4.99. The minimum Gasteiger partial charge on any atom is -0.321 e. The summed E-state index contributed by atoms with van der Waals surface area (Å²) in [6.07, 6.45) is 5.55. The van der Waals surface area contributed by atoms with Crippen LogP contribution in [-0.4, -0.2) is 6.04 Å². The highest BCUT2D eigenvalue weighted by Crippen LogP contribution is 2.45. The van der Waals surface area contributed by atoms with E-state index in [4.69, 9.17) is 5.26 Å². The van der Waals surface area contributed by atoms with Gasteiger partial charge in [-0.05, 0) is 30.1 Å². The molecule has 1 N–H and O–H groups in total. The van der Waals surface area contributed by atoms with Gasteiger partial charge >= 0.3 is 0 Å². The van der Waals surface area contributed by atoms with Crippen molar-refractivity contribution < 1.29 is 0 Å². The van der Waals surface area contributed by atoms with E-state index >= 15 is 0 Å². The predicted octanol–water partition coefficient (Wildman–Crippen LogP) is 2.66. The molecule has 1 aliphatic carbocycles. The Bertz CT molecular complexity index is 207. The zero-order chi connectivity index (χ0) is 10.1. The Morgan fingerprint density at radius 1 is 1.15 bits per heavy atom. The summed E-state index contributed by atoms with van der Waals surface area (Å²) < 4.78 is 0. The second-order valence-electron chi connectivity index (χ2n) is 5.87. The van der Waals surface area contributed by atoms with Crippen LogP contribution in [0.3, 0.4) is 0 Å². The normalized spacial score (nSPS) is 26.4. The maximum absolute atomic E-state index is 8.60. The smallest absolute Gasteiger partial charge is 0.176 e. The molecule has 1 aliphatic rings. The fourth-order valence-corrected chi connectivity index (χ4v) is 3.04. The van der Waals surface area contributed by atoms with Gasteiger partial charge in [-0.25, -0.2) is 0 Å². The largest absolute Gasteiger partial charge is 0.321 e. The summed E-state index contributed by atoms with van der Waals surface area (Å²) in [6.45, 7) is 9.17. The zero-order valence-electron chi connectivity index (χ0n) is 9.15. The van der Waals surface area contributed by atoms with Crippen LogP contribution in [0, 0.1) is 22.3 Å². The quantitative estimate of drug-likeness (QED) is 0.497. The Hall–Kier alpha value is -0.710. The van der Waals surface area contributed by atoms with E-state index in [2.05, 4.69) is 39.2 Å². The van der Waals surface area contributed by atoms with Gasteiger partial charge in [-0.2, -0.15) is 5.26 Å². The molecule has 0 radical (unpaired) electrons. The van der Waals surface area contributed by atoms with Gasteiger partial charge in [0.05, 0.1) is 0 Å². The third kappa shape index (κ3) is 2.91. The Labute approximate surface area is 81.3 Å². The van der Waals surface area contributed by atoms with Crippen molar-refractivity contribution in [2.75, 3.05) is 0 Å². The van der Waals surface area contributed by atoms with Gasteiger partial charge in [0.1, 0.15) is 0 Å². The van der Waals surface area contributed by atoms with E-state index in [1.807, 2.05) is 0 Å². The molecule has 0 aromatic rings. The Kier molecular flexibility index (Phi) is 2.56. The molecule has 1 rings (SSSR count). The molecule has 74 valence electrons. The Morgan fingerprint density at radius 3 is 2.00 bits per heavy atom. The maximum Gasteiger partial charge on any atom is 0.176 e. The summed E-state index contributed by atoms with van der Waals surface area (Å²) in [7, 11) is 0. The monoisotopic (exact) mass is 180 g/mol. The highest BCUT2D eigenvalue weighted by Gasteiger charge is 2.38. The number of nitriles is 1. The molecule has 0 heterocycles. The van der Waals surface area contributed by atoms with E-state index in [-0.39, 0.29) is 0 Å². The predicted molar refractivity (Wildman–Crippen MR) is 53.9 cm³/mol. The molecule has 0 amide bonds. The van der Waals surface area contributed by atoms with Crippen molar-refractivity contribution >= 4 is 0 Å². The molecule has 0 bridgehead atoms. The third-order valence-electron chi connectivity index (χ3n) is 2.82. The standard InChI is InChI=1S/C11H20N2/c1-10(2)5-9(13-8-12)6-11(3,4)7-10/h9,13H,5-7H2,1-4H3. The van der Waals surface area contributed by atoms with Gasteiger partial charge in [-0.3, -0.25) is 0 Å². The summed E-state index contributed by atoms with van der Waals surface area (Å²) in [5, 5.41) is 11.5. The molecular formula is C11H20N2. The minimum absolute atomic E-state index is 0.371. The van der Waals surface area contributed by atoms with Crippen molar-refractivity contribution in [2.45, 2.75) is 53.0 Å². The molecule has 1 fully saturated rings. The topological polar surface area (TPSA) is 35.8 Å². The molecule has 13 heavy (non-hydrogen) atoms. The lowest BCUT2D eigenvalue weighted by molar-refractivity contribution is 0.0910. The number of rotatable bonds is 1. The van der Waals surface area contributed by atoms with Crippen LogP contribution >= 0.6 is 0 Å². The highest BCUT2D eigenvalue weighted by molar-refractivity contribution is 4.94. The summed E-state index contributed by atoms with van der Waals surface area (Å²) in [5.41, 5.74) is 0.743. The van der Waals surface area contributed by atoms with Gasteiger partial charge in [0.25, 0.3) is 0 Å². The van der Waals surface area contributed by atoms with Crippen molar-refractivity contribution in [3.8, 4) is 6.19 Å². The van der Waals surface area contributed by atoms with Gasteiger partial charge in [-0.15, -0.1) is 0 Å². The third-order valence-corrected chi connectivity index (χ3v) is 2.82. The van der Waals surface area contributed by atoms with Crippen LogP contribution in [0.4, 0.5) is 0 Å². The number of hydrogen-bond donors (Lipinski definition) is 1. The van der Waals surface area contributed by atoms with Crippen LogP contribution in [0.1, 0.15) is 47.0 Å². The number of nitrogens with zero attached hydrogens (tertiary/aromatic N) is 1. The first-order valence-electron chi connectivity index (χ1n) is 4.99. The minimum atomic E-state index is 0.371. The SMILES string of the molecule is CC1(C)CC(NC#N)CC(C)(C)C1. The van der Waals surface area contributed by atoms with Crippen molar-refractivity contribution in [3.63, 3.8) is 0 Å². The van der Waals surface area contributed by atoms with Gasteiger partial charge in [-0.1, -0.05) is 27.7 Å². The summed E-state index contributed by atoms with van der Waals surface area (Å²) in [4.78, 5) is 0. The van der Waals surface area contributed by atoms with Crippen LogP contribution in [0.5, 0.6) is 0 Å². The Balaban J connectivity index is 2.67. The van der Waals surface area contributed by atoms with Crippen molar-refractivity contribution in [2.24, 2.45) is 10.8 Å². The van der Waals surface area contributed by atoms with Crippen molar-refractivity contribution in [1.29, 1.82) is 5.26 Å². The molecular weight excluding hydrogens is 160 g/mol. The van der Waals surface area contributed by atoms with E-state index in [0.717, 1.165) is 12.8 Å². The second-order valence-corrected chi connectivity index (χ2v) is 5.87. The van der Waals surface area contributed by atoms with Crippen LogP contribution in [0.2, 0.25) is 0 Å². The van der Waals surface area contributed by atoms with Gasteiger partial charge < -0.3 is 5.32 Å². The lowest BCUT2D eigenvalue weighted by Gasteiger charge is -2.44. The van der Waals surface area contributed by atoms with Crippen molar-refractivity contribution in [1.82, 2.24) is 5.32 Å². The van der Waals surface area contributed by atoms with Gasteiger partial charge in [0, 0.05) is 6.04 Å². The van der Waals surface area contributed by atoms with Crippen LogP contribution in [0.25, 0.3) is 0 Å². The average Bonchev–Trinajstić information content (AvgIpc) is 1.78. The summed E-state index contributed by atoms with van der Waals surface area (Å²) >= 11 is 0. The van der Waals surface area contributed by atoms with E-state index in [1.54, 1.807) is 0 Å². The summed E-state index contributed by atoms with van der Waals surface area (Å²) in [5.74, 6) is 0. The molecule has 1 saturated carbocycles. The first-order chi connectivity index (χ1) is 5.85.